The van der Waals surface area contributed by atoms with E-state index in [2.05, 4.69) is 0 Å². The van der Waals surface area contributed by atoms with Crippen molar-refractivity contribution in [3.63, 3.8) is 0 Å². The first-order valence-electron chi connectivity index (χ1n) is 8.87. The van der Waals surface area contributed by atoms with Crippen LogP contribution < -0.4 is 10.0 Å². The number of halogens is 4. The third-order valence-electron chi connectivity index (χ3n) is 4.43. The molecule has 3 aromatic rings. The number of carbonyl (C=O) groups excluding carboxylic acids is 1. The maximum Gasteiger partial charge on any atom is 0.264 e. The Morgan fingerprint density at radius 1 is 0.839 bits per heavy atom. The van der Waals surface area contributed by atoms with Crippen LogP contribution in [0.25, 0.3) is 0 Å². The molecule has 162 valence electrons. The van der Waals surface area contributed by atoms with E-state index < -0.39 is 22.5 Å². The first-order valence-corrected chi connectivity index (χ1v) is 11.8. The molecule has 0 saturated carbocycles. The van der Waals surface area contributed by atoms with Gasteiger partial charge < -0.3 is 5.73 Å². The summed E-state index contributed by atoms with van der Waals surface area (Å²) < 4.78 is 27.8. The molecular weight excluding hydrogens is 502 g/mol. The van der Waals surface area contributed by atoms with Gasteiger partial charge in [-0.2, -0.15) is 0 Å². The number of rotatable bonds is 7. The van der Waals surface area contributed by atoms with Crippen LogP contribution in [0.3, 0.4) is 0 Å². The van der Waals surface area contributed by atoms with Gasteiger partial charge >= 0.3 is 0 Å². The average molecular weight is 518 g/mol. The minimum atomic E-state index is -4.21. The van der Waals surface area contributed by atoms with Gasteiger partial charge in [-0.25, -0.2) is 8.42 Å². The van der Waals surface area contributed by atoms with Crippen molar-refractivity contribution in [3.05, 3.63) is 91.9 Å². The van der Waals surface area contributed by atoms with Crippen LogP contribution in [-0.4, -0.2) is 20.9 Å². The smallest absolute Gasteiger partial charge is 0.264 e. The summed E-state index contributed by atoms with van der Waals surface area (Å²) in [6.45, 7) is -0.584. The van der Waals surface area contributed by atoms with Crippen molar-refractivity contribution >= 4 is 68.0 Å². The molecule has 5 nitrogen and oxygen atoms in total. The molecule has 0 bridgehead atoms. The van der Waals surface area contributed by atoms with E-state index in [0.29, 0.717) is 15.6 Å². The van der Waals surface area contributed by atoms with Crippen LogP contribution in [0.15, 0.2) is 65.6 Å². The Balaban J connectivity index is 2.16. The first-order chi connectivity index (χ1) is 14.6. The summed E-state index contributed by atoms with van der Waals surface area (Å²) in [6.07, 6.45) is 0.279. The van der Waals surface area contributed by atoms with Crippen LogP contribution in [0.4, 0.5) is 5.69 Å². The maximum atomic E-state index is 13.4. The summed E-state index contributed by atoms with van der Waals surface area (Å²) in [4.78, 5) is 11.7. The van der Waals surface area contributed by atoms with Crippen molar-refractivity contribution in [3.8, 4) is 0 Å². The van der Waals surface area contributed by atoms with E-state index in [4.69, 9.17) is 52.1 Å². The predicted octanol–water partition coefficient (Wildman–Crippen LogP) is 5.57. The van der Waals surface area contributed by atoms with Crippen molar-refractivity contribution in [2.24, 2.45) is 5.73 Å². The van der Waals surface area contributed by atoms with E-state index in [1.54, 1.807) is 18.2 Å². The highest BCUT2D eigenvalue weighted by Crippen LogP contribution is 2.33. The van der Waals surface area contributed by atoms with Gasteiger partial charge in [0.2, 0.25) is 5.91 Å². The zero-order chi connectivity index (χ0) is 22.8. The number of sulfonamides is 1. The predicted molar refractivity (Wildman–Crippen MR) is 126 cm³/mol. The molecule has 0 saturated heterocycles. The van der Waals surface area contributed by atoms with Crippen LogP contribution >= 0.6 is 46.4 Å². The van der Waals surface area contributed by atoms with E-state index in [-0.39, 0.29) is 27.0 Å². The lowest BCUT2D eigenvalue weighted by Gasteiger charge is -2.26. The number of nitrogens with zero attached hydrogens (tertiary/aromatic N) is 1. The molecule has 0 atom stereocenters. The van der Waals surface area contributed by atoms with Crippen molar-refractivity contribution < 1.29 is 13.2 Å². The largest absolute Gasteiger partial charge is 0.368 e. The molecule has 0 radical (unpaired) electrons. The molecule has 0 aliphatic carbocycles. The number of amides is 1. The van der Waals surface area contributed by atoms with E-state index in [1.165, 1.54) is 30.3 Å². The summed E-state index contributed by atoms with van der Waals surface area (Å²) in [5.74, 6) is -0.831. The molecule has 0 unspecified atom stereocenters. The van der Waals surface area contributed by atoms with Gasteiger partial charge in [0.1, 0.15) is 6.54 Å². The van der Waals surface area contributed by atoms with Crippen LogP contribution in [-0.2, 0) is 21.2 Å². The quantitative estimate of drug-likeness (QED) is 0.444. The minimum Gasteiger partial charge on any atom is -0.368 e. The number of anilines is 1. The lowest BCUT2D eigenvalue weighted by atomic mass is 10.0. The molecule has 0 aliphatic heterocycles. The topological polar surface area (TPSA) is 80.5 Å². The van der Waals surface area contributed by atoms with E-state index in [0.717, 1.165) is 9.87 Å². The Morgan fingerprint density at radius 2 is 1.55 bits per heavy atom. The molecule has 0 aromatic heterocycles. The third kappa shape index (κ3) is 5.45. The SMILES string of the molecule is NC(=O)CN(c1ccc(Cl)cc1Cc1ccccc1Cl)S(=O)(=O)c1ccc(Cl)c(Cl)c1. The van der Waals surface area contributed by atoms with Crippen LogP contribution in [0.1, 0.15) is 11.1 Å². The molecule has 0 heterocycles. The van der Waals surface area contributed by atoms with Gasteiger partial charge in [0.25, 0.3) is 10.0 Å². The summed E-state index contributed by atoms with van der Waals surface area (Å²) >= 11 is 24.4. The van der Waals surface area contributed by atoms with Gasteiger partial charge in [-0.05, 0) is 53.6 Å². The zero-order valence-corrected chi connectivity index (χ0v) is 19.7. The number of nitrogens with two attached hydrogens (primary N) is 1. The lowest BCUT2D eigenvalue weighted by molar-refractivity contribution is -0.116. The molecule has 3 aromatic carbocycles. The molecule has 0 spiro atoms. The fourth-order valence-corrected chi connectivity index (χ4v) is 5.25. The molecular formula is C21H16Cl4N2O3S. The second-order valence-electron chi connectivity index (χ2n) is 6.60. The van der Waals surface area contributed by atoms with Crippen molar-refractivity contribution in [2.75, 3.05) is 10.8 Å². The molecule has 31 heavy (non-hydrogen) atoms. The number of hydrogen-bond acceptors (Lipinski definition) is 3. The van der Waals surface area contributed by atoms with Crippen LogP contribution in [0, 0.1) is 0 Å². The summed E-state index contributed by atoms with van der Waals surface area (Å²) in [5, 5.41) is 1.18. The first kappa shape index (κ1) is 23.7. The van der Waals surface area contributed by atoms with Crippen LogP contribution in [0.5, 0.6) is 0 Å². The van der Waals surface area contributed by atoms with Gasteiger partial charge in [0.05, 0.1) is 20.6 Å². The Kier molecular flexibility index (Phi) is 7.39. The lowest BCUT2D eigenvalue weighted by Crippen LogP contribution is -2.39. The maximum absolute atomic E-state index is 13.4. The Bertz CT molecular complexity index is 1250. The molecule has 1 amide bonds. The second kappa shape index (κ2) is 9.67. The minimum absolute atomic E-state index is 0.0640. The molecule has 2 N–H and O–H groups in total. The molecule has 0 aliphatic rings. The van der Waals surface area contributed by atoms with Crippen LogP contribution in [0.2, 0.25) is 20.1 Å². The number of primary amides is 1. The number of hydrogen-bond donors (Lipinski definition) is 1. The van der Waals surface area contributed by atoms with Gasteiger partial charge in [0.15, 0.2) is 0 Å². The highest BCUT2D eigenvalue weighted by molar-refractivity contribution is 7.92. The normalized spacial score (nSPS) is 11.4. The Hall–Kier alpha value is -1.96. The summed E-state index contributed by atoms with van der Waals surface area (Å²) in [5.41, 5.74) is 6.93. The van der Waals surface area contributed by atoms with E-state index in [9.17, 15) is 13.2 Å². The van der Waals surface area contributed by atoms with Gasteiger partial charge in [0, 0.05) is 16.5 Å². The summed E-state index contributed by atoms with van der Waals surface area (Å²) in [7, 11) is -4.21. The average Bonchev–Trinajstić information content (AvgIpc) is 2.70. The van der Waals surface area contributed by atoms with E-state index in [1.807, 2.05) is 12.1 Å². The fraction of sp³-hybridized carbons (Fsp3) is 0.0952. The number of benzene rings is 3. The van der Waals surface area contributed by atoms with Gasteiger partial charge in [-0.1, -0.05) is 64.6 Å². The molecule has 10 heteroatoms. The van der Waals surface area contributed by atoms with Crippen molar-refractivity contribution in [2.45, 2.75) is 11.3 Å². The zero-order valence-electron chi connectivity index (χ0n) is 15.9. The monoisotopic (exact) mass is 516 g/mol. The fourth-order valence-electron chi connectivity index (χ4n) is 2.99. The highest BCUT2D eigenvalue weighted by Gasteiger charge is 2.29. The Labute approximate surface area is 200 Å². The second-order valence-corrected chi connectivity index (χ2v) is 10.1. The van der Waals surface area contributed by atoms with Gasteiger partial charge in [-0.15, -0.1) is 0 Å². The third-order valence-corrected chi connectivity index (χ3v) is 7.53. The van der Waals surface area contributed by atoms with Crippen molar-refractivity contribution in [1.29, 1.82) is 0 Å². The number of carbonyl (C=O) groups is 1. The summed E-state index contributed by atoms with van der Waals surface area (Å²) in [6, 6.07) is 15.7. The van der Waals surface area contributed by atoms with Crippen molar-refractivity contribution in [1.82, 2.24) is 0 Å². The highest BCUT2D eigenvalue weighted by atomic mass is 35.5. The van der Waals surface area contributed by atoms with Gasteiger partial charge in [-0.3, -0.25) is 9.10 Å². The standard InChI is InChI=1S/C21H16Cl4N2O3S/c22-15-5-8-20(14(10-15)9-13-3-1-2-4-17(13)23)27(12-21(26)28)31(29,30)16-6-7-18(24)19(25)11-16/h1-8,10-11H,9,12H2,(H2,26,28). The van der Waals surface area contributed by atoms with E-state index >= 15 is 0 Å². The molecule has 3 rings (SSSR count). The molecule has 0 fully saturated rings. The Morgan fingerprint density at radius 3 is 2.19 bits per heavy atom.